The highest BCUT2D eigenvalue weighted by Crippen LogP contribution is 2.46. The Morgan fingerprint density at radius 3 is 2.50 bits per heavy atom. The molecule has 5 N–H and O–H groups in total. The predicted molar refractivity (Wildman–Crippen MR) is 249 cm³/mol. The molecule has 64 heavy (non-hydrogen) atoms. The van der Waals surface area contributed by atoms with E-state index in [9.17, 15) is 24.4 Å². The fourth-order valence-corrected chi connectivity index (χ4v) is 9.76. The first-order valence-electron chi connectivity index (χ1n) is 22.8. The van der Waals surface area contributed by atoms with Gasteiger partial charge in [-0.3, -0.25) is 19.4 Å². The zero-order chi connectivity index (χ0) is 46.1. The number of aryl methyl sites for hydroxylation is 2. The number of pyridine rings is 1. The van der Waals surface area contributed by atoms with E-state index in [1.54, 1.807) is 45.2 Å². The van der Waals surface area contributed by atoms with Gasteiger partial charge in [0.25, 0.3) is 0 Å². The van der Waals surface area contributed by atoms with E-state index in [-0.39, 0.29) is 29.1 Å². The van der Waals surface area contributed by atoms with Gasteiger partial charge in [0.15, 0.2) is 5.78 Å². The number of benzene rings is 2. The van der Waals surface area contributed by atoms with Crippen molar-refractivity contribution >= 4 is 46.0 Å². The van der Waals surface area contributed by atoms with Gasteiger partial charge in [-0.25, -0.2) is 4.79 Å². The monoisotopic (exact) mass is 872 g/mol. The van der Waals surface area contributed by atoms with Gasteiger partial charge in [0, 0.05) is 91.2 Å². The summed E-state index contributed by atoms with van der Waals surface area (Å²) >= 11 is 0. The van der Waals surface area contributed by atoms with Crippen molar-refractivity contribution in [1.29, 1.82) is 5.26 Å². The topological polar surface area (TPSA) is 190 Å². The molecule has 2 fully saturated rings. The lowest BCUT2D eigenvalue weighted by molar-refractivity contribution is -0.131. The number of carbonyl (C=O) groups is 4. The summed E-state index contributed by atoms with van der Waals surface area (Å²) in [6, 6.07) is 14.6. The first-order chi connectivity index (χ1) is 30.3. The largest absolute Gasteiger partial charge is 0.444 e. The number of nitrogens with two attached hydrogens (primary N) is 1. The second-order valence-electron chi connectivity index (χ2n) is 20.0. The number of nitrogen functional groups attached to an aromatic ring is 1. The SMILES string of the molecule is CCc1cc2c(cc1N1CCN(C(=O)CCCN3C[C@H](NC(=O)[C@H](CCCc4ncccc4N)NC(=O)OC(C)(C)C)C(C)(C)C3)CC1)C(C)(C)c1[nH]c3cc(C#N)ccc3c1C2=O. The van der Waals surface area contributed by atoms with Gasteiger partial charge >= 0.3 is 6.09 Å². The molecule has 0 radical (unpaired) electrons. The number of nitriles is 1. The number of nitrogens with zero attached hydrogens (tertiary/aromatic N) is 5. The minimum Gasteiger partial charge on any atom is -0.444 e. The summed E-state index contributed by atoms with van der Waals surface area (Å²) in [5.41, 5.74) is 12.9. The number of hydrogen-bond acceptors (Lipinski definition) is 10. The van der Waals surface area contributed by atoms with Crippen LogP contribution in [-0.2, 0) is 32.6 Å². The predicted octanol–water partition coefficient (Wildman–Crippen LogP) is 6.62. The van der Waals surface area contributed by atoms with Crippen LogP contribution in [0, 0.1) is 16.7 Å². The summed E-state index contributed by atoms with van der Waals surface area (Å²) < 4.78 is 5.50. The van der Waals surface area contributed by atoms with Crippen LogP contribution < -0.4 is 21.3 Å². The van der Waals surface area contributed by atoms with E-state index in [1.807, 2.05) is 17.0 Å². The van der Waals surface area contributed by atoms with Crippen LogP contribution in [0.5, 0.6) is 0 Å². The number of anilines is 2. The summed E-state index contributed by atoms with van der Waals surface area (Å²) in [4.78, 5) is 68.9. The lowest BCUT2D eigenvalue weighted by atomic mass is 9.70. The van der Waals surface area contributed by atoms with Crippen molar-refractivity contribution in [2.75, 3.05) is 56.4 Å². The van der Waals surface area contributed by atoms with E-state index >= 15 is 0 Å². The molecule has 2 aliphatic heterocycles. The molecule has 2 aromatic heterocycles. The number of likely N-dealkylation sites (tertiary alicyclic amines) is 1. The van der Waals surface area contributed by atoms with Gasteiger partial charge in [0.1, 0.15) is 11.6 Å². The van der Waals surface area contributed by atoms with Crippen molar-refractivity contribution in [1.82, 2.24) is 30.4 Å². The molecule has 0 bridgehead atoms. The van der Waals surface area contributed by atoms with E-state index in [0.29, 0.717) is 81.6 Å². The minimum absolute atomic E-state index is 0.00539. The number of piperazine rings is 1. The molecule has 0 unspecified atom stereocenters. The van der Waals surface area contributed by atoms with E-state index in [1.165, 1.54) is 0 Å². The molecule has 2 aromatic carbocycles. The zero-order valence-electron chi connectivity index (χ0n) is 38.8. The minimum atomic E-state index is -0.798. The molecule has 4 aromatic rings. The third-order valence-electron chi connectivity index (χ3n) is 13.3. The molecule has 340 valence electrons. The summed E-state index contributed by atoms with van der Waals surface area (Å²) in [5, 5.41) is 16.4. The molecule has 7 rings (SSSR count). The average molecular weight is 872 g/mol. The van der Waals surface area contributed by atoms with E-state index < -0.39 is 23.2 Å². The summed E-state index contributed by atoms with van der Waals surface area (Å²) in [7, 11) is 0. The van der Waals surface area contributed by atoms with Crippen molar-refractivity contribution < 1.29 is 23.9 Å². The molecule has 14 nitrogen and oxygen atoms in total. The molecule has 3 amide bonds. The lowest BCUT2D eigenvalue weighted by Crippen LogP contribution is -2.53. The fourth-order valence-electron chi connectivity index (χ4n) is 9.76. The molecule has 1 aliphatic carbocycles. The number of aromatic amines is 1. The lowest BCUT2D eigenvalue weighted by Gasteiger charge is -2.39. The average Bonchev–Trinajstić information content (AvgIpc) is 3.78. The Kier molecular flexibility index (Phi) is 13.2. The van der Waals surface area contributed by atoms with Gasteiger partial charge in [-0.1, -0.05) is 40.7 Å². The Morgan fingerprint density at radius 1 is 1.06 bits per heavy atom. The number of carbonyl (C=O) groups excluding carboxylic acids is 4. The molecule has 4 heterocycles. The van der Waals surface area contributed by atoms with Crippen molar-refractivity contribution in [3.8, 4) is 6.07 Å². The molecule has 0 spiro atoms. The smallest absolute Gasteiger partial charge is 0.408 e. The normalized spacial score (nSPS) is 18.5. The molecule has 2 saturated heterocycles. The van der Waals surface area contributed by atoms with Crippen molar-refractivity contribution in [3.63, 3.8) is 0 Å². The Labute approximate surface area is 377 Å². The number of alkyl carbamates (subject to hydrolysis) is 1. The molecular formula is C50H65N9O5. The second-order valence-corrected chi connectivity index (χ2v) is 20.0. The summed E-state index contributed by atoms with van der Waals surface area (Å²) in [5.74, 6) is -0.108. The summed E-state index contributed by atoms with van der Waals surface area (Å²) in [6.07, 6.45) is 4.52. The number of amides is 3. The number of hydrogen-bond donors (Lipinski definition) is 4. The maximum absolute atomic E-state index is 14.1. The van der Waals surface area contributed by atoms with Crippen LogP contribution in [0.25, 0.3) is 10.9 Å². The Hall–Kier alpha value is -5.94. The Morgan fingerprint density at radius 2 is 1.81 bits per heavy atom. The molecule has 2 atom stereocenters. The van der Waals surface area contributed by atoms with Gasteiger partial charge in [-0.2, -0.15) is 5.26 Å². The van der Waals surface area contributed by atoms with Crippen LogP contribution in [-0.4, -0.2) is 107 Å². The highest BCUT2D eigenvalue weighted by atomic mass is 16.6. The quantitative estimate of drug-likeness (QED) is 0.114. The van der Waals surface area contributed by atoms with Crippen molar-refractivity contribution in [3.05, 3.63) is 87.9 Å². The highest BCUT2D eigenvalue weighted by Gasteiger charge is 2.42. The van der Waals surface area contributed by atoms with Crippen molar-refractivity contribution in [2.24, 2.45) is 5.41 Å². The third-order valence-corrected chi connectivity index (χ3v) is 13.3. The third kappa shape index (κ3) is 9.75. The summed E-state index contributed by atoms with van der Waals surface area (Å²) in [6.45, 7) is 20.8. The standard InChI is InChI=1S/C50H65N9O5/c1-9-32-26-34-35(50(7,8)45-43(44(34)61)33-18-17-31(28-51)25-39(33)54-45)27-40(32)58-21-23-59(24-22-58)42(60)16-12-20-57-29-41(49(5,6)30-57)56-46(62)38(55-47(63)64-48(2,3)4)15-10-14-37-36(52)13-11-19-53-37/h11,13,17-19,25-27,38,41,54H,9-10,12,14-16,20-24,29-30,52H2,1-8H3,(H,55,63)(H,56,62)/t38-,41-/m0/s1. The van der Waals surface area contributed by atoms with E-state index in [0.717, 1.165) is 64.2 Å². The van der Waals surface area contributed by atoms with Crippen LogP contribution >= 0.6 is 0 Å². The molecule has 0 saturated carbocycles. The number of H-pyrrole nitrogens is 1. The fraction of sp³-hybridized carbons (Fsp3) is 0.520. The number of aromatic nitrogens is 2. The number of fused-ring (bicyclic) bond motifs is 4. The maximum atomic E-state index is 14.1. The first-order valence-corrected chi connectivity index (χ1v) is 22.8. The van der Waals surface area contributed by atoms with Crippen LogP contribution in [0.4, 0.5) is 16.2 Å². The first kappa shape index (κ1) is 46.1. The number of ketones is 1. The molecular weight excluding hydrogens is 807 g/mol. The van der Waals surface area contributed by atoms with Crippen LogP contribution in [0.1, 0.15) is 125 Å². The molecule has 14 heteroatoms. The van der Waals surface area contributed by atoms with Crippen molar-refractivity contribution in [2.45, 2.75) is 117 Å². The van der Waals surface area contributed by atoms with Gasteiger partial charge in [-0.05, 0) is 112 Å². The molecule has 3 aliphatic rings. The van der Waals surface area contributed by atoms with E-state index in [4.69, 9.17) is 10.5 Å². The second kappa shape index (κ2) is 18.3. The van der Waals surface area contributed by atoms with Gasteiger partial charge in [0.2, 0.25) is 11.8 Å². The number of nitrogens with one attached hydrogen (secondary N) is 3. The number of rotatable bonds is 13. The number of ether oxygens (including phenoxy) is 1. The highest BCUT2D eigenvalue weighted by molar-refractivity contribution is 6.20. The van der Waals surface area contributed by atoms with Gasteiger partial charge in [0.05, 0.1) is 28.6 Å². The van der Waals surface area contributed by atoms with Crippen LogP contribution in [0.3, 0.4) is 0 Å². The maximum Gasteiger partial charge on any atom is 0.408 e. The van der Waals surface area contributed by atoms with Crippen LogP contribution in [0.15, 0.2) is 48.7 Å². The Balaban J connectivity index is 0.923. The Bertz CT molecular complexity index is 2470. The van der Waals surface area contributed by atoms with Gasteiger partial charge in [-0.15, -0.1) is 0 Å². The van der Waals surface area contributed by atoms with Gasteiger partial charge < -0.3 is 40.8 Å². The van der Waals surface area contributed by atoms with Crippen LogP contribution in [0.2, 0.25) is 0 Å². The van der Waals surface area contributed by atoms with E-state index in [2.05, 4.69) is 83.2 Å². The zero-order valence-corrected chi connectivity index (χ0v) is 38.8.